The van der Waals surface area contributed by atoms with Crippen LogP contribution in [0.2, 0.25) is 0 Å². The fraction of sp³-hybridized carbons (Fsp3) is 0.143. The zero-order chi connectivity index (χ0) is 17.3. The van der Waals surface area contributed by atoms with Gasteiger partial charge in [-0.2, -0.15) is 13.2 Å². The summed E-state index contributed by atoms with van der Waals surface area (Å²) in [5.41, 5.74) is -2.52. The average Bonchev–Trinajstić information content (AvgIpc) is 2.44. The summed E-state index contributed by atoms with van der Waals surface area (Å²) in [6, 6.07) is 4.61. The van der Waals surface area contributed by atoms with Crippen molar-refractivity contribution >= 4 is 6.29 Å². The minimum Gasteiger partial charge on any atom is -0.406 e. The zero-order valence-electron chi connectivity index (χ0n) is 11.1. The Balaban J connectivity index is 2.49. The largest absolute Gasteiger partial charge is 0.573 e. The van der Waals surface area contributed by atoms with Crippen LogP contribution in [0.4, 0.5) is 26.3 Å². The van der Waals surface area contributed by atoms with Gasteiger partial charge in [-0.05, 0) is 30.3 Å². The summed E-state index contributed by atoms with van der Waals surface area (Å²) < 4.78 is 79.2. The highest BCUT2D eigenvalue weighted by Gasteiger charge is 2.37. The molecule has 1 aromatic heterocycles. The van der Waals surface area contributed by atoms with Gasteiger partial charge in [0.05, 0.1) is 11.3 Å². The highest BCUT2D eigenvalue weighted by atomic mass is 19.4. The molecule has 1 aromatic carbocycles. The lowest BCUT2D eigenvalue weighted by Gasteiger charge is -2.14. The van der Waals surface area contributed by atoms with Gasteiger partial charge in [0, 0.05) is 17.3 Å². The minimum absolute atomic E-state index is 0.0368. The molecule has 0 aliphatic carbocycles. The van der Waals surface area contributed by atoms with Crippen LogP contribution in [0, 0.1) is 0 Å². The predicted molar refractivity (Wildman–Crippen MR) is 66.7 cm³/mol. The first-order valence-corrected chi connectivity index (χ1v) is 5.99. The van der Waals surface area contributed by atoms with E-state index in [9.17, 15) is 31.1 Å². The molecular formula is C14H7F6NO2. The second kappa shape index (κ2) is 5.90. The third kappa shape index (κ3) is 3.99. The molecule has 2 aromatic rings. The molecular weight excluding hydrogens is 328 g/mol. The van der Waals surface area contributed by atoms with E-state index in [-0.39, 0.29) is 11.8 Å². The van der Waals surface area contributed by atoms with Crippen molar-refractivity contribution in [2.24, 2.45) is 0 Å². The molecule has 1 heterocycles. The van der Waals surface area contributed by atoms with Gasteiger partial charge >= 0.3 is 12.5 Å². The number of aromatic nitrogens is 1. The van der Waals surface area contributed by atoms with Gasteiger partial charge in [-0.1, -0.05) is 0 Å². The van der Waals surface area contributed by atoms with Crippen molar-refractivity contribution < 1.29 is 35.9 Å². The summed E-state index contributed by atoms with van der Waals surface area (Å²) in [6.45, 7) is 0. The number of carbonyl (C=O) groups is 1. The number of hydrogen-bond donors (Lipinski definition) is 0. The number of nitrogens with zero attached hydrogens (tertiary/aromatic N) is 1. The topological polar surface area (TPSA) is 39.2 Å². The molecule has 0 saturated carbocycles. The Hall–Kier alpha value is -2.58. The second-order valence-electron chi connectivity index (χ2n) is 4.31. The van der Waals surface area contributed by atoms with E-state index in [1.54, 1.807) is 0 Å². The highest BCUT2D eigenvalue weighted by Crippen LogP contribution is 2.38. The summed E-state index contributed by atoms with van der Waals surface area (Å²) in [6.07, 6.45) is -8.71. The molecule has 0 saturated heterocycles. The molecule has 122 valence electrons. The summed E-state index contributed by atoms with van der Waals surface area (Å²) in [7, 11) is 0. The van der Waals surface area contributed by atoms with Crippen molar-refractivity contribution in [1.29, 1.82) is 0 Å². The molecule has 0 atom stereocenters. The minimum atomic E-state index is -4.91. The lowest BCUT2D eigenvalue weighted by molar-refractivity contribution is -0.274. The molecule has 0 unspecified atom stereocenters. The molecule has 9 heteroatoms. The first-order valence-electron chi connectivity index (χ1n) is 5.99. The van der Waals surface area contributed by atoms with Crippen molar-refractivity contribution in [2.75, 3.05) is 0 Å². The molecule has 3 nitrogen and oxygen atoms in total. The van der Waals surface area contributed by atoms with Gasteiger partial charge < -0.3 is 4.74 Å². The van der Waals surface area contributed by atoms with Crippen molar-refractivity contribution in [3.63, 3.8) is 0 Å². The van der Waals surface area contributed by atoms with Crippen LogP contribution in [-0.4, -0.2) is 17.6 Å². The summed E-state index contributed by atoms with van der Waals surface area (Å²) in [5, 5.41) is 0. The van der Waals surface area contributed by atoms with E-state index in [0.29, 0.717) is 0 Å². The number of halogens is 6. The Morgan fingerprint density at radius 1 is 0.957 bits per heavy atom. The van der Waals surface area contributed by atoms with Crippen LogP contribution >= 0.6 is 0 Å². The Morgan fingerprint density at radius 2 is 1.57 bits per heavy atom. The van der Waals surface area contributed by atoms with Crippen LogP contribution in [0.15, 0.2) is 36.5 Å². The number of rotatable bonds is 3. The molecule has 0 spiro atoms. The Bertz CT molecular complexity index is 707. The van der Waals surface area contributed by atoms with Crippen LogP contribution in [0.25, 0.3) is 11.3 Å². The third-order valence-electron chi connectivity index (χ3n) is 2.75. The first kappa shape index (κ1) is 16.8. The van der Waals surface area contributed by atoms with Crippen LogP contribution < -0.4 is 4.74 Å². The number of alkyl halides is 6. The zero-order valence-corrected chi connectivity index (χ0v) is 11.1. The monoisotopic (exact) mass is 335 g/mol. The van der Waals surface area contributed by atoms with E-state index in [1.807, 2.05) is 0 Å². The Labute approximate surface area is 125 Å². The maximum Gasteiger partial charge on any atom is 0.573 e. The molecule has 0 radical (unpaired) electrons. The van der Waals surface area contributed by atoms with Crippen molar-refractivity contribution in [3.8, 4) is 17.0 Å². The number of hydrogen-bond acceptors (Lipinski definition) is 3. The lowest BCUT2D eigenvalue weighted by Crippen LogP contribution is -2.17. The molecule has 0 aliphatic rings. The smallest absolute Gasteiger partial charge is 0.406 e. The summed E-state index contributed by atoms with van der Waals surface area (Å²) >= 11 is 0. The number of benzene rings is 1. The van der Waals surface area contributed by atoms with E-state index in [4.69, 9.17) is 0 Å². The number of carbonyl (C=O) groups excluding carboxylic acids is 1. The van der Waals surface area contributed by atoms with Crippen molar-refractivity contribution in [2.45, 2.75) is 12.5 Å². The van der Waals surface area contributed by atoms with Gasteiger partial charge in [0.1, 0.15) is 5.75 Å². The SMILES string of the molecule is O=Cc1ccnc(-c2ccc(OC(F)(F)F)cc2)c1C(F)(F)F. The van der Waals surface area contributed by atoms with Crippen molar-refractivity contribution in [1.82, 2.24) is 4.98 Å². The van der Waals surface area contributed by atoms with Gasteiger partial charge in [-0.15, -0.1) is 13.2 Å². The Morgan fingerprint density at radius 3 is 2.04 bits per heavy atom. The van der Waals surface area contributed by atoms with E-state index in [2.05, 4.69) is 9.72 Å². The number of ether oxygens (including phenoxy) is 1. The Kier molecular flexibility index (Phi) is 4.31. The van der Waals surface area contributed by atoms with Gasteiger partial charge in [-0.25, -0.2) is 0 Å². The van der Waals surface area contributed by atoms with Gasteiger partial charge in [0.2, 0.25) is 0 Å². The van der Waals surface area contributed by atoms with E-state index < -0.39 is 35.1 Å². The van der Waals surface area contributed by atoms with Gasteiger partial charge in [-0.3, -0.25) is 9.78 Å². The number of pyridine rings is 1. The molecule has 0 bridgehead atoms. The van der Waals surface area contributed by atoms with E-state index in [0.717, 1.165) is 36.5 Å². The fourth-order valence-corrected chi connectivity index (χ4v) is 1.91. The fourth-order valence-electron chi connectivity index (χ4n) is 1.91. The summed E-state index contributed by atoms with van der Waals surface area (Å²) in [4.78, 5) is 14.4. The van der Waals surface area contributed by atoms with E-state index in [1.165, 1.54) is 0 Å². The van der Waals surface area contributed by atoms with Crippen LogP contribution in [0.3, 0.4) is 0 Å². The van der Waals surface area contributed by atoms with Crippen molar-refractivity contribution in [3.05, 3.63) is 47.7 Å². The third-order valence-corrected chi connectivity index (χ3v) is 2.75. The predicted octanol–water partition coefficient (Wildman–Crippen LogP) is 4.48. The van der Waals surface area contributed by atoms with Gasteiger partial charge in [0.25, 0.3) is 0 Å². The van der Waals surface area contributed by atoms with Crippen LogP contribution in [-0.2, 0) is 6.18 Å². The lowest BCUT2D eigenvalue weighted by atomic mass is 10.0. The van der Waals surface area contributed by atoms with E-state index >= 15 is 0 Å². The maximum atomic E-state index is 13.1. The number of aldehydes is 1. The van der Waals surface area contributed by atoms with Crippen LogP contribution in [0.5, 0.6) is 5.75 Å². The maximum absolute atomic E-state index is 13.1. The molecule has 2 rings (SSSR count). The molecule has 23 heavy (non-hydrogen) atoms. The summed E-state index contributed by atoms with van der Waals surface area (Å²) in [5.74, 6) is -0.582. The van der Waals surface area contributed by atoms with Crippen LogP contribution in [0.1, 0.15) is 15.9 Å². The standard InChI is InChI=1S/C14H7F6NO2/c15-13(16,17)11-9(7-22)5-6-21-12(11)8-1-3-10(4-2-8)23-14(18,19)20/h1-7H. The molecule has 0 amide bonds. The molecule has 0 aliphatic heterocycles. The second-order valence-corrected chi connectivity index (χ2v) is 4.31. The quantitative estimate of drug-likeness (QED) is 0.613. The first-order chi connectivity index (χ1) is 10.6. The average molecular weight is 335 g/mol. The van der Waals surface area contributed by atoms with Gasteiger partial charge in [0.15, 0.2) is 6.29 Å². The normalized spacial score (nSPS) is 12.1. The molecule has 0 N–H and O–H groups in total. The highest BCUT2D eigenvalue weighted by molar-refractivity contribution is 5.82. The molecule has 0 fully saturated rings.